The van der Waals surface area contributed by atoms with Gasteiger partial charge in [-0.1, -0.05) is 0 Å². The summed E-state index contributed by atoms with van der Waals surface area (Å²) in [5.74, 6) is 4.54. The van der Waals surface area contributed by atoms with E-state index >= 15 is 0 Å². The molecule has 13 heavy (non-hydrogen) atoms. The average Bonchev–Trinajstić information content (AvgIpc) is 1.97. The minimum atomic E-state index is -0.580. The van der Waals surface area contributed by atoms with Gasteiger partial charge in [0.15, 0.2) is 0 Å². The number of hydrogen-bond donors (Lipinski definition) is 4. The van der Waals surface area contributed by atoms with E-state index in [9.17, 15) is 9.59 Å². The summed E-state index contributed by atoms with van der Waals surface area (Å²) >= 11 is 0. The van der Waals surface area contributed by atoms with Crippen LogP contribution in [0.25, 0.3) is 0 Å². The quantitative estimate of drug-likeness (QED) is 0.256. The lowest BCUT2D eigenvalue weighted by atomic mass is 10.1. The molecule has 0 unspecified atom stereocenters. The number of carbonyl (C=O) groups is 2. The molecule has 0 aromatic rings. The minimum absolute atomic E-state index is 0.0830. The molecule has 0 aromatic heterocycles. The predicted molar refractivity (Wildman–Crippen MR) is 48.6 cm³/mol. The lowest BCUT2D eigenvalue weighted by Crippen LogP contribution is -2.48. The van der Waals surface area contributed by atoms with Gasteiger partial charge >= 0.3 is 6.03 Å². The third-order valence-electron chi connectivity index (χ3n) is 1.06. The third kappa shape index (κ3) is 7.07. The standard InChI is InChI=1S/C7H16N4O2/c1-7(2,3)10-5(12)4-9-6(13)11-8/h4,8H2,1-3H3,(H,10,12)(H2,9,11,13). The summed E-state index contributed by atoms with van der Waals surface area (Å²) in [5, 5.41) is 4.94. The highest BCUT2D eigenvalue weighted by atomic mass is 16.2. The second kappa shape index (κ2) is 4.66. The lowest BCUT2D eigenvalue weighted by Gasteiger charge is -2.20. The first kappa shape index (κ1) is 11.7. The normalized spacial score (nSPS) is 10.5. The fourth-order valence-electron chi connectivity index (χ4n) is 0.674. The van der Waals surface area contributed by atoms with Crippen LogP contribution in [-0.4, -0.2) is 24.0 Å². The van der Waals surface area contributed by atoms with Crippen LogP contribution in [0.4, 0.5) is 4.79 Å². The molecule has 0 atom stereocenters. The predicted octanol–water partition coefficient (Wildman–Crippen LogP) is -0.926. The van der Waals surface area contributed by atoms with E-state index < -0.39 is 6.03 Å². The SMILES string of the molecule is CC(C)(C)NC(=O)CNC(=O)NN. The average molecular weight is 188 g/mol. The number of nitrogens with one attached hydrogen (secondary N) is 3. The number of carbonyl (C=O) groups excluding carboxylic acids is 2. The van der Waals surface area contributed by atoms with Crippen molar-refractivity contribution in [2.45, 2.75) is 26.3 Å². The van der Waals surface area contributed by atoms with Gasteiger partial charge in [-0.25, -0.2) is 10.6 Å². The van der Waals surface area contributed by atoms with Gasteiger partial charge in [-0.15, -0.1) is 0 Å². The van der Waals surface area contributed by atoms with E-state index in [1.165, 1.54) is 0 Å². The highest BCUT2D eigenvalue weighted by molar-refractivity contribution is 5.83. The molecule has 5 N–H and O–H groups in total. The Morgan fingerprint density at radius 1 is 1.31 bits per heavy atom. The minimum Gasteiger partial charge on any atom is -0.350 e. The zero-order chi connectivity index (χ0) is 10.5. The van der Waals surface area contributed by atoms with Crippen LogP contribution in [0, 0.1) is 0 Å². The van der Waals surface area contributed by atoms with E-state index in [4.69, 9.17) is 5.84 Å². The summed E-state index contributed by atoms with van der Waals surface area (Å²) in [6.07, 6.45) is 0. The first-order valence-electron chi connectivity index (χ1n) is 3.90. The zero-order valence-corrected chi connectivity index (χ0v) is 8.10. The second-order valence-electron chi connectivity index (χ2n) is 3.63. The first-order valence-corrected chi connectivity index (χ1v) is 3.90. The van der Waals surface area contributed by atoms with Gasteiger partial charge in [0.1, 0.15) is 0 Å². The summed E-state index contributed by atoms with van der Waals surface area (Å²) in [6.45, 7) is 5.48. The Kier molecular flexibility index (Phi) is 4.19. The van der Waals surface area contributed by atoms with Crippen LogP contribution in [0.15, 0.2) is 0 Å². The smallest absolute Gasteiger partial charge is 0.329 e. The van der Waals surface area contributed by atoms with Crippen molar-refractivity contribution in [3.8, 4) is 0 Å². The number of rotatable bonds is 2. The van der Waals surface area contributed by atoms with Crippen molar-refractivity contribution in [2.24, 2.45) is 5.84 Å². The van der Waals surface area contributed by atoms with E-state index in [1.807, 2.05) is 26.2 Å². The molecule has 6 nitrogen and oxygen atoms in total. The topological polar surface area (TPSA) is 96.2 Å². The molecule has 0 heterocycles. The molecule has 0 aliphatic carbocycles. The molecular formula is C7H16N4O2. The molecule has 0 fully saturated rings. The van der Waals surface area contributed by atoms with Crippen LogP contribution >= 0.6 is 0 Å². The van der Waals surface area contributed by atoms with Crippen LogP contribution < -0.4 is 21.9 Å². The Bertz CT molecular complexity index is 197. The van der Waals surface area contributed by atoms with E-state index in [0.717, 1.165) is 0 Å². The molecule has 0 spiro atoms. The largest absolute Gasteiger partial charge is 0.350 e. The second-order valence-corrected chi connectivity index (χ2v) is 3.63. The molecule has 0 bridgehead atoms. The number of hydrogen-bond acceptors (Lipinski definition) is 3. The molecule has 0 aliphatic heterocycles. The van der Waals surface area contributed by atoms with Crippen molar-refractivity contribution in [3.63, 3.8) is 0 Å². The van der Waals surface area contributed by atoms with E-state index in [-0.39, 0.29) is 18.0 Å². The van der Waals surface area contributed by atoms with Gasteiger partial charge in [0, 0.05) is 5.54 Å². The van der Waals surface area contributed by atoms with Crippen molar-refractivity contribution in [1.82, 2.24) is 16.1 Å². The molecule has 76 valence electrons. The number of amides is 3. The third-order valence-corrected chi connectivity index (χ3v) is 1.06. The van der Waals surface area contributed by atoms with E-state index in [0.29, 0.717) is 0 Å². The van der Waals surface area contributed by atoms with Crippen molar-refractivity contribution in [3.05, 3.63) is 0 Å². The summed E-state index contributed by atoms with van der Waals surface area (Å²) in [5.41, 5.74) is 1.56. The maximum Gasteiger partial charge on any atom is 0.329 e. The van der Waals surface area contributed by atoms with Gasteiger partial charge in [0.25, 0.3) is 0 Å². The van der Waals surface area contributed by atoms with Gasteiger partial charge in [0.2, 0.25) is 5.91 Å². The maximum atomic E-state index is 11.1. The highest BCUT2D eigenvalue weighted by Crippen LogP contribution is 1.96. The van der Waals surface area contributed by atoms with Crippen LogP contribution in [-0.2, 0) is 4.79 Å². The number of hydrazine groups is 1. The Morgan fingerprint density at radius 3 is 2.23 bits per heavy atom. The van der Waals surface area contributed by atoms with Crippen molar-refractivity contribution >= 4 is 11.9 Å². The van der Waals surface area contributed by atoms with Crippen molar-refractivity contribution in [1.29, 1.82) is 0 Å². The van der Waals surface area contributed by atoms with Gasteiger partial charge < -0.3 is 10.6 Å². The number of nitrogens with two attached hydrogens (primary N) is 1. The Balaban J connectivity index is 3.71. The van der Waals surface area contributed by atoms with Gasteiger partial charge in [-0.05, 0) is 20.8 Å². The molecule has 0 saturated carbocycles. The van der Waals surface area contributed by atoms with Crippen molar-refractivity contribution in [2.75, 3.05) is 6.54 Å². The number of urea groups is 1. The van der Waals surface area contributed by atoms with Crippen LogP contribution in [0.1, 0.15) is 20.8 Å². The summed E-state index contributed by atoms with van der Waals surface area (Å²) in [7, 11) is 0. The molecule has 0 aliphatic rings. The Morgan fingerprint density at radius 2 is 1.85 bits per heavy atom. The fraction of sp³-hybridized carbons (Fsp3) is 0.714. The lowest BCUT2D eigenvalue weighted by molar-refractivity contribution is -0.121. The van der Waals surface area contributed by atoms with E-state index in [2.05, 4.69) is 10.6 Å². The van der Waals surface area contributed by atoms with E-state index in [1.54, 1.807) is 0 Å². The van der Waals surface area contributed by atoms with Crippen LogP contribution in [0.2, 0.25) is 0 Å². The van der Waals surface area contributed by atoms with Gasteiger partial charge in [-0.2, -0.15) is 0 Å². The first-order chi connectivity index (χ1) is 5.85. The van der Waals surface area contributed by atoms with Gasteiger partial charge in [0.05, 0.1) is 6.54 Å². The molecule has 0 radical (unpaired) electrons. The monoisotopic (exact) mass is 188 g/mol. The molecule has 0 saturated heterocycles. The summed E-state index contributed by atoms with van der Waals surface area (Å²) in [4.78, 5) is 21.6. The van der Waals surface area contributed by atoms with Crippen molar-refractivity contribution < 1.29 is 9.59 Å². The highest BCUT2D eigenvalue weighted by Gasteiger charge is 2.13. The fourth-order valence-corrected chi connectivity index (χ4v) is 0.674. The Labute approximate surface area is 77.2 Å². The summed E-state index contributed by atoms with van der Waals surface area (Å²) < 4.78 is 0. The van der Waals surface area contributed by atoms with Crippen LogP contribution in [0.5, 0.6) is 0 Å². The molecule has 3 amide bonds. The summed E-state index contributed by atoms with van der Waals surface area (Å²) in [6, 6.07) is -0.580. The maximum absolute atomic E-state index is 11.1. The molecular weight excluding hydrogens is 172 g/mol. The molecule has 0 aromatic carbocycles. The zero-order valence-electron chi connectivity index (χ0n) is 8.10. The molecule has 0 rings (SSSR count). The van der Waals surface area contributed by atoms with Crippen LogP contribution in [0.3, 0.4) is 0 Å². The Hall–Kier alpha value is -1.30. The molecule has 6 heteroatoms. The van der Waals surface area contributed by atoms with Gasteiger partial charge in [-0.3, -0.25) is 10.2 Å².